The smallest absolute Gasteiger partial charge is 0.264 e. The number of hydrogen-bond acceptors (Lipinski definition) is 5. The van der Waals surface area contributed by atoms with Gasteiger partial charge in [-0.1, -0.05) is 41.9 Å². The van der Waals surface area contributed by atoms with Gasteiger partial charge in [-0.05, 0) is 38.0 Å². The lowest BCUT2D eigenvalue weighted by molar-refractivity contribution is -0.750. The highest BCUT2D eigenvalue weighted by atomic mass is 35.5. The van der Waals surface area contributed by atoms with Crippen LogP contribution in [0.3, 0.4) is 0 Å². The van der Waals surface area contributed by atoms with Crippen LogP contribution in [0.15, 0.2) is 82.3 Å². The van der Waals surface area contributed by atoms with E-state index in [-0.39, 0.29) is 16.3 Å². The van der Waals surface area contributed by atoms with Crippen LogP contribution in [0.4, 0.5) is 0 Å². The van der Waals surface area contributed by atoms with E-state index in [1.807, 2.05) is 31.2 Å². The first-order valence-electron chi connectivity index (χ1n) is 10.1. The van der Waals surface area contributed by atoms with Crippen LogP contribution in [0, 0.1) is 5.92 Å². The second kappa shape index (κ2) is 7.07. The lowest BCUT2D eigenvalue weighted by atomic mass is 9.70. The maximum atomic E-state index is 12.8. The molecule has 156 valence electrons. The van der Waals surface area contributed by atoms with Crippen molar-refractivity contribution >= 4 is 29.4 Å². The van der Waals surface area contributed by atoms with E-state index >= 15 is 0 Å². The van der Waals surface area contributed by atoms with Gasteiger partial charge < -0.3 is 5.11 Å². The lowest BCUT2D eigenvalue weighted by Gasteiger charge is -2.40. The maximum Gasteiger partial charge on any atom is 0.264 e. The Labute approximate surface area is 185 Å². The predicted molar refractivity (Wildman–Crippen MR) is 120 cm³/mol. The molecule has 0 amide bonds. The van der Waals surface area contributed by atoms with Crippen molar-refractivity contribution in [1.82, 2.24) is 0 Å². The van der Waals surface area contributed by atoms with E-state index in [0.717, 1.165) is 17.0 Å². The SMILES string of the molecule is CC1(O)CC(C2=C3C=NC=C[N+]3(N)C(c3ccc(C(=O)c4ccccc4)c(Cl)c3)=N2)C1. The fourth-order valence-corrected chi connectivity index (χ4v) is 4.75. The third-order valence-electron chi connectivity index (χ3n) is 6.09. The molecule has 5 rings (SSSR count). The molecule has 0 radical (unpaired) electrons. The number of halogens is 1. The molecule has 1 aliphatic carbocycles. The first kappa shape index (κ1) is 20.0. The summed E-state index contributed by atoms with van der Waals surface area (Å²) in [6, 6.07) is 14.3. The van der Waals surface area contributed by atoms with Gasteiger partial charge in [0.1, 0.15) is 11.9 Å². The number of amidine groups is 1. The number of quaternary nitrogens is 1. The first-order chi connectivity index (χ1) is 14.8. The fourth-order valence-electron chi connectivity index (χ4n) is 4.48. The average molecular weight is 434 g/mol. The molecule has 1 fully saturated rings. The second-order valence-corrected chi connectivity index (χ2v) is 8.96. The summed E-state index contributed by atoms with van der Waals surface area (Å²) in [6.07, 6.45) is 6.41. The van der Waals surface area contributed by atoms with Crippen LogP contribution in [0.25, 0.3) is 0 Å². The number of hydrogen-bond donors (Lipinski definition) is 2. The number of nitrogens with zero attached hydrogens (tertiary/aromatic N) is 3. The molecular formula is C24H22ClN4O2+. The normalized spacial score (nSPS) is 28.9. The number of aliphatic hydroxyl groups is 1. The molecule has 1 atom stereocenters. The summed E-state index contributed by atoms with van der Waals surface area (Å²) in [5, 5.41) is 10.5. The zero-order valence-corrected chi connectivity index (χ0v) is 17.8. The van der Waals surface area contributed by atoms with Crippen molar-refractivity contribution < 1.29 is 14.5 Å². The molecule has 31 heavy (non-hydrogen) atoms. The Morgan fingerprint density at radius 2 is 1.97 bits per heavy atom. The van der Waals surface area contributed by atoms with E-state index in [1.165, 1.54) is 0 Å². The minimum atomic E-state index is -0.675. The Hall–Kier alpha value is -2.90. The topological polar surface area (TPSA) is 88.0 Å². The molecule has 0 aromatic heterocycles. The standard InChI is InChI=1S/C24H22ClN4O2/c1-24(31)12-17(13-24)21-20-14-27-9-10-29(20,26)23(28-21)16-7-8-18(19(25)11-16)22(30)15-5-3-2-4-6-15/h2-11,14,17,31H,12-13,26H2,1H3/q+1. The van der Waals surface area contributed by atoms with E-state index in [1.54, 1.807) is 42.9 Å². The molecule has 1 unspecified atom stereocenters. The van der Waals surface area contributed by atoms with Gasteiger partial charge in [-0.25, -0.2) is 0 Å². The number of allylic oxidation sites excluding steroid dienone is 2. The van der Waals surface area contributed by atoms with Gasteiger partial charge in [0.15, 0.2) is 5.78 Å². The van der Waals surface area contributed by atoms with Gasteiger partial charge in [0.2, 0.25) is 5.70 Å². The Morgan fingerprint density at radius 3 is 2.65 bits per heavy atom. The number of ketones is 1. The predicted octanol–water partition coefficient (Wildman–Crippen LogP) is 3.95. The molecule has 2 heterocycles. The summed E-state index contributed by atoms with van der Waals surface area (Å²) in [7, 11) is 0. The number of rotatable bonds is 4. The molecule has 3 N–H and O–H groups in total. The zero-order valence-electron chi connectivity index (χ0n) is 17.0. The highest BCUT2D eigenvalue weighted by Gasteiger charge is 2.50. The molecule has 0 saturated heterocycles. The molecule has 6 nitrogen and oxygen atoms in total. The van der Waals surface area contributed by atoms with Crippen molar-refractivity contribution in [2.24, 2.45) is 21.7 Å². The summed E-state index contributed by atoms with van der Waals surface area (Å²) in [4.78, 5) is 22.0. The van der Waals surface area contributed by atoms with Crippen molar-refractivity contribution in [3.8, 4) is 0 Å². The molecule has 3 aliphatic rings. The summed E-state index contributed by atoms with van der Waals surface area (Å²) < 4.78 is -0.111. The van der Waals surface area contributed by atoms with Crippen molar-refractivity contribution in [1.29, 1.82) is 0 Å². The highest BCUT2D eigenvalue weighted by molar-refractivity contribution is 6.35. The number of nitrogens with two attached hydrogens (primary N) is 1. The monoisotopic (exact) mass is 433 g/mol. The summed E-state index contributed by atoms with van der Waals surface area (Å²) >= 11 is 6.53. The number of carbonyl (C=O) groups is 1. The zero-order chi connectivity index (χ0) is 21.8. The van der Waals surface area contributed by atoms with Crippen LogP contribution in [0.1, 0.15) is 41.3 Å². The summed E-state index contributed by atoms with van der Waals surface area (Å²) in [5.41, 5.74) is 2.70. The fraction of sp³-hybridized carbons (Fsp3) is 0.208. The maximum absolute atomic E-state index is 12.8. The molecular weight excluding hydrogens is 412 g/mol. The third-order valence-corrected chi connectivity index (χ3v) is 6.40. The number of benzene rings is 2. The Bertz CT molecular complexity index is 1210. The third kappa shape index (κ3) is 3.28. The average Bonchev–Trinajstić information content (AvgIpc) is 3.05. The van der Waals surface area contributed by atoms with Crippen LogP contribution < -0.4 is 5.84 Å². The van der Waals surface area contributed by atoms with Gasteiger partial charge in [0, 0.05) is 17.0 Å². The number of fused-ring (bicyclic) bond motifs is 1. The van der Waals surface area contributed by atoms with Crippen LogP contribution >= 0.6 is 11.6 Å². The van der Waals surface area contributed by atoms with Crippen LogP contribution in [-0.2, 0) is 0 Å². The van der Waals surface area contributed by atoms with Crippen molar-refractivity contribution in [2.45, 2.75) is 25.4 Å². The number of aliphatic imine (C=N–C) groups is 2. The van der Waals surface area contributed by atoms with E-state index in [2.05, 4.69) is 4.99 Å². The largest absolute Gasteiger partial charge is 0.390 e. The van der Waals surface area contributed by atoms with Gasteiger partial charge in [-0.15, -0.1) is 4.59 Å². The lowest BCUT2D eigenvalue weighted by Crippen LogP contribution is -2.53. The molecule has 1 saturated carbocycles. The van der Waals surface area contributed by atoms with E-state index in [9.17, 15) is 9.90 Å². The van der Waals surface area contributed by atoms with Gasteiger partial charge in [-0.3, -0.25) is 9.79 Å². The van der Waals surface area contributed by atoms with E-state index in [4.69, 9.17) is 22.4 Å². The van der Waals surface area contributed by atoms with Gasteiger partial charge >= 0.3 is 0 Å². The highest BCUT2D eigenvalue weighted by Crippen LogP contribution is 2.46. The minimum Gasteiger partial charge on any atom is -0.390 e. The van der Waals surface area contributed by atoms with Crippen molar-refractivity contribution in [3.05, 3.63) is 94.0 Å². The Morgan fingerprint density at radius 1 is 1.23 bits per heavy atom. The second-order valence-electron chi connectivity index (χ2n) is 8.55. The summed E-state index contributed by atoms with van der Waals surface area (Å²) in [5.74, 6) is 7.35. The van der Waals surface area contributed by atoms with E-state index < -0.39 is 5.60 Å². The van der Waals surface area contributed by atoms with Crippen LogP contribution in [-0.4, -0.2) is 33.1 Å². The van der Waals surface area contributed by atoms with Gasteiger partial charge in [0.25, 0.3) is 5.84 Å². The van der Waals surface area contributed by atoms with Gasteiger partial charge in [-0.2, -0.15) is 10.8 Å². The molecule has 7 heteroatoms. The molecule has 2 aromatic rings. The Balaban J connectivity index is 1.52. The number of carbonyl (C=O) groups excluding carboxylic acids is 1. The molecule has 0 spiro atoms. The van der Waals surface area contributed by atoms with Crippen molar-refractivity contribution in [2.75, 3.05) is 0 Å². The first-order valence-corrected chi connectivity index (χ1v) is 10.5. The van der Waals surface area contributed by atoms with Crippen LogP contribution in [0.5, 0.6) is 0 Å². The summed E-state index contributed by atoms with van der Waals surface area (Å²) in [6.45, 7) is 1.83. The quantitative estimate of drug-likeness (QED) is 0.434. The minimum absolute atomic E-state index is 0.111. The van der Waals surface area contributed by atoms with Gasteiger partial charge in [0.05, 0.1) is 28.6 Å². The molecule has 0 bridgehead atoms. The van der Waals surface area contributed by atoms with Crippen LogP contribution in [0.2, 0.25) is 5.02 Å². The molecule has 2 aromatic carbocycles. The Kier molecular flexibility index (Phi) is 4.57. The molecule has 2 aliphatic heterocycles. The van der Waals surface area contributed by atoms with Crippen molar-refractivity contribution in [3.63, 3.8) is 0 Å². The van der Waals surface area contributed by atoms with E-state index in [0.29, 0.717) is 34.8 Å².